The van der Waals surface area contributed by atoms with Crippen LogP contribution >= 0.6 is 15.9 Å². The van der Waals surface area contributed by atoms with Crippen molar-refractivity contribution in [3.63, 3.8) is 0 Å². The van der Waals surface area contributed by atoms with Gasteiger partial charge in [0.05, 0.1) is 6.61 Å². The van der Waals surface area contributed by atoms with Crippen molar-refractivity contribution in [2.45, 2.75) is 26.7 Å². The molecule has 0 aliphatic carbocycles. The molecule has 1 unspecified atom stereocenters. The number of halogens is 1. The Hall–Kier alpha value is -1.10. The Morgan fingerprint density at radius 2 is 2.35 bits per heavy atom. The minimum atomic E-state index is -1.03. The van der Waals surface area contributed by atoms with Crippen molar-refractivity contribution in [2.24, 2.45) is 5.92 Å². The standard InChI is InChI=1S/C12H16BrNO3/c1-3-4-8(2)7-17-11-10(12(15)16)5-9(13)6-14-11/h5-6,8H,3-4,7H2,1-2H3,(H,15,16). The van der Waals surface area contributed by atoms with E-state index < -0.39 is 5.97 Å². The van der Waals surface area contributed by atoms with E-state index >= 15 is 0 Å². The molecule has 0 fully saturated rings. The van der Waals surface area contributed by atoms with Gasteiger partial charge in [-0.25, -0.2) is 9.78 Å². The first-order valence-electron chi connectivity index (χ1n) is 5.56. The van der Waals surface area contributed by atoms with Crippen molar-refractivity contribution in [3.05, 3.63) is 22.3 Å². The molecule has 1 N–H and O–H groups in total. The zero-order valence-electron chi connectivity index (χ0n) is 9.94. The highest BCUT2D eigenvalue weighted by Gasteiger charge is 2.14. The number of ether oxygens (including phenoxy) is 1. The molecule has 0 amide bonds. The number of carboxylic acid groups (broad SMARTS) is 1. The fraction of sp³-hybridized carbons (Fsp3) is 0.500. The van der Waals surface area contributed by atoms with Gasteiger partial charge in [0.1, 0.15) is 5.56 Å². The third kappa shape index (κ3) is 4.34. The molecule has 0 aromatic carbocycles. The van der Waals surface area contributed by atoms with Gasteiger partial charge in [0, 0.05) is 10.7 Å². The van der Waals surface area contributed by atoms with Gasteiger partial charge in [-0.3, -0.25) is 0 Å². The van der Waals surface area contributed by atoms with E-state index in [2.05, 4.69) is 34.8 Å². The summed E-state index contributed by atoms with van der Waals surface area (Å²) >= 11 is 3.19. The molecule has 1 heterocycles. The Balaban J connectivity index is 2.73. The summed E-state index contributed by atoms with van der Waals surface area (Å²) in [6.45, 7) is 4.67. The van der Waals surface area contributed by atoms with Gasteiger partial charge in [0.15, 0.2) is 0 Å². The molecule has 1 aromatic rings. The Morgan fingerprint density at radius 3 is 2.94 bits per heavy atom. The Morgan fingerprint density at radius 1 is 1.65 bits per heavy atom. The van der Waals surface area contributed by atoms with Gasteiger partial charge in [0.2, 0.25) is 5.88 Å². The van der Waals surface area contributed by atoms with Crippen molar-refractivity contribution in [2.75, 3.05) is 6.61 Å². The summed E-state index contributed by atoms with van der Waals surface area (Å²) in [4.78, 5) is 15.0. The molecule has 94 valence electrons. The molecule has 17 heavy (non-hydrogen) atoms. The first-order chi connectivity index (χ1) is 8.04. The van der Waals surface area contributed by atoms with E-state index in [0.29, 0.717) is 17.0 Å². The number of pyridine rings is 1. The molecular formula is C12H16BrNO3. The van der Waals surface area contributed by atoms with Gasteiger partial charge in [-0.15, -0.1) is 0 Å². The monoisotopic (exact) mass is 301 g/mol. The van der Waals surface area contributed by atoms with Crippen LogP contribution < -0.4 is 4.74 Å². The number of nitrogens with zero attached hydrogens (tertiary/aromatic N) is 1. The molecule has 1 aromatic heterocycles. The van der Waals surface area contributed by atoms with Crippen LogP contribution in [0.3, 0.4) is 0 Å². The summed E-state index contributed by atoms with van der Waals surface area (Å²) in [6.07, 6.45) is 3.68. The van der Waals surface area contributed by atoms with E-state index in [1.807, 2.05) is 0 Å². The SMILES string of the molecule is CCCC(C)COc1ncc(Br)cc1C(=O)O. The van der Waals surface area contributed by atoms with Gasteiger partial charge in [-0.1, -0.05) is 20.3 Å². The summed E-state index contributed by atoms with van der Waals surface area (Å²) in [7, 11) is 0. The number of rotatable bonds is 6. The Labute approximate surface area is 109 Å². The third-order valence-corrected chi connectivity index (χ3v) is 2.77. The Bertz CT molecular complexity index is 395. The van der Waals surface area contributed by atoms with Crippen LogP contribution in [-0.4, -0.2) is 22.7 Å². The lowest BCUT2D eigenvalue weighted by molar-refractivity contribution is 0.0690. The molecule has 1 rings (SSSR count). The van der Waals surface area contributed by atoms with Crippen LogP contribution in [0.1, 0.15) is 37.0 Å². The van der Waals surface area contributed by atoms with Crippen LogP contribution in [-0.2, 0) is 0 Å². The van der Waals surface area contributed by atoms with Gasteiger partial charge < -0.3 is 9.84 Å². The molecule has 0 aliphatic heterocycles. The van der Waals surface area contributed by atoms with Crippen molar-refractivity contribution in [1.82, 2.24) is 4.98 Å². The first-order valence-corrected chi connectivity index (χ1v) is 6.35. The van der Waals surface area contributed by atoms with Gasteiger partial charge >= 0.3 is 5.97 Å². The van der Waals surface area contributed by atoms with Crippen molar-refractivity contribution >= 4 is 21.9 Å². The van der Waals surface area contributed by atoms with E-state index in [1.165, 1.54) is 12.3 Å². The summed E-state index contributed by atoms with van der Waals surface area (Å²) in [5, 5.41) is 9.02. The molecule has 0 saturated heterocycles. The maximum absolute atomic E-state index is 11.0. The number of carboxylic acids is 1. The highest BCUT2D eigenvalue weighted by molar-refractivity contribution is 9.10. The maximum Gasteiger partial charge on any atom is 0.341 e. The summed E-state index contributed by atoms with van der Waals surface area (Å²) in [5.74, 6) is -0.451. The van der Waals surface area contributed by atoms with E-state index in [1.54, 1.807) is 0 Å². The fourth-order valence-electron chi connectivity index (χ4n) is 1.49. The van der Waals surface area contributed by atoms with Gasteiger partial charge in [-0.2, -0.15) is 0 Å². The fourth-order valence-corrected chi connectivity index (χ4v) is 1.82. The van der Waals surface area contributed by atoms with E-state index in [9.17, 15) is 4.79 Å². The average Bonchev–Trinajstić information content (AvgIpc) is 2.27. The molecule has 4 nitrogen and oxygen atoms in total. The number of hydrogen-bond donors (Lipinski definition) is 1. The largest absolute Gasteiger partial charge is 0.477 e. The van der Waals surface area contributed by atoms with E-state index in [4.69, 9.17) is 9.84 Å². The predicted molar refractivity (Wildman–Crippen MR) is 68.5 cm³/mol. The van der Waals surface area contributed by atoms with Crippen molar-refractivity contribution in [3.8, 4) is 5.88 Å². The van der Waals surface area contributed by atoms with Crippen LogP contribution in [0.15, 0.2) is 16.7 Å². The Kier molecular flexibility index (Phi) is 5.41. The number of hydrogen-bond acceptors (Lipinski definition) is 3. The second kappa shape index (κ2) is 6.59. The first kappa shape index (κ1) is 14.0. The highest BCUT2D eigenvalue weighted by Crippen LogP contribution is 2.21. The van der Waals surface area contributed by atoms with Crippen molar-refractivity contribution < 1.29 is 14.6 Å². The molecule has 0 bridgehead atoms. The van der Waals surface area contributed by atoms with E-state index in [0.717, 1.165) is 12.8 Å². The molecule has 0 spiro atoms. The molecule has 0 aliphatic rings. The van der Waals surface area contributed by atoms with Crippen LogP contribution in [0.5, 0.6) is 5.88 Å². The molecular weight excluding hydrogens is 286 g/mol. The second-order valence-electron chi connectivity index (χ2n) is 4.02. The molecule has 5 heteroatoms. The van der Waals surface area contributed by atoms with Gasteiger partial charge in [-0.05, 0) is 34.3 Å². The number of carbonyl (C=O) groups is 1. The minimum absolute atomic E-state index is 0.0862. The van der Waals surface area contributed by atoms with Gasteiger partial charge in [0.25, 0.3) is 0 Å². The van der Waals surface area contributed by atoms with Crippen LogP contribution in [0.25, 0.3) is 0 Å². The smallest absolute Gasteiger partial charge is 0.341 e. The second-order valence-corrected chi connectivity index (χ2v) is 4.93. The lowest BCUT2D eigenvalue weighted by Crippen LogP contribution is -2.12. The topological polar surface area (TPSA) is 59.4 Å². The van der Waals surface area contributed by atoms with Crippen LogP contribution in [0.4, 0.5) is 0 Å². The third-order valence-electron chi connectivity index (χ3n) is 2.33. The zero-order chi connectivity index (χ0) is 12.8. The van der Waals surface area contributed by atoms with Crippen LogP contribution in [0.2, 0.25) is 0 Å². The lowest BCUT2D eigenvalue weighted by Gasteiger charge is -2.12. The average molecular weight is 302 g/mol. The molecule has 0 radical (unpaired) electrons. The minimum Gasteiger partial charge on any atom is -0.477 e. The number of aromatic carboxylic acids is 1. The molecule has 1 atom stereocenters. The summed E-state index contributed by atoms with van der Waals surface area (Å²) in [6, 6.07) is 1.50. The highest BCUT2D eigenvalue weighted by atomic mass is 79.9. The van der Waals surface area contributed by atoms with Crippen LogP contribution in [0, 0.1) is 5.92 Å². The van der Waals surface area contributed by atoms with E-state index in [-0.39, 0.29) is 11.4 Å². The quantitative estimate of drug-likeness (QED) is 0.875. The number of aromatic nitrogens is 1. The lowest BCUT2D eigenvalue weighted by atomic mass is 10.1. The molecule has 0 saturated carbocycles. The predicted octanol–water partition coefficient (Wildman–Crippen LogP) is 3.36. The van der Waals surface area contributed by atoms with Crippen molar-refractivity contribution in [1.29, 1.82) is 0 Å². The summed E-state index contributed by atoms with van der Waals surface area (Å²) < 4.78 is 6.08. The maximum atomic E-state index is 11.0. The normalized spacial score (nSPS) is 12.2. The summed E-state index contributed by atoms with van der Waals surface area (Å²) in [5.41, 5.74) is 0.0862. The zero-order valence-corrected chi connectivity index (χ0v) is 11.5.